The van der Waals surface area contributed by atoms with Crippen LogP contribution >= 0.6 is 0 Å². The lowest BCUT2D eigenvalue weighted by Crippen LogP contribution is -2.60. The minimum Gasteiger partial charge on any atom is -0.394 e. The average molecular weight is 854 g/mol. The third kappa shape index (κ3) is 31.7. The lowest BCUT2D eigenvalue weighted by molar-refractivity contribution is -0.302. The molecule has 1 heterocycles. The van der Waals surface area contributed by atoms with E-state index < -0.39 is 49.5 Å². The fraction of sp³-hybridized carbons (Fsp3) is 0.941. The molecule has 9 nitrogen and oxygen atoms in total. The van der Waals surface area contributed by atoms with Gasteiger partial charge in [-0.1, -0.05) is 219 Å². The van der Waals surface area contributed by atoms with E-state index in [4.69, 9.17) is 9.47 Å². The maximum Gasteiger partial charge on any atom is 0.220 e. The van der Waals surface area contributed by atoms with E-state index in [2.05, 4.69) is 31.3 Å². The molecule has 356 valence electrons. The topological polar surface area (TPSA) is 149 Å². The Morgan fingerprint density at radius 3 is 1.35 bits per heavy atom. The zero-order valence-corrected chi connectivity index (χ0v) is 39.2. The number of ether oxygens (including phenoxy) is 2. The van der Waals surface area contributed by atoms with E-state index in [0.717, 1.165) is 44.9 Å². The van der Waals surface area contributed by atoms with E-state index in [0.29, 0.717) is 12.8 Å². The highest BCUT2D eigenvalue weighted by Crippen LogP contribution is 2.23. The summed E-state index contributed by atoms with van der Waals surface area (Å²) in [6.45, 7) is 3.84. The molecule has 0 aromatic rings. The zero-order chi connectivity index (χ0) is 43.7. The first kappa shape index (κ1) is 56.9. The van der Waals surface area contributed by atoms with Crippen molar-refractivity contribution >= 4 is 5.91 Å². The SMILES string of the molecule is CCCCCCCCCCCC/C=C/CCCC[C@@H](O)[C@H](CO[C@H]1O[C@@H](CO)[C@H](O)C(O)C1O)NC(=O)CCCCCCCCCCCCCCCCCCCCCCC. The van der Waals surface area contributed by atoms with Crippen LogP contribution in [0.25, 0.3) is 0 Å². The van der Waals surface area contributed by atoms with Crippen molar-refractivity contribution < 1.29 is 39.8 Å². The van der Waals surface area contributed by atoms with Crippen LogP contribution in [0.2, 0.25) is 0 Å². The van der Waals surface area contributed by atoms with Crippen LogP contribution in [0, 0.1) is 0 Å². The standard InChI is InChI=1S/C51H99NO8/c1-3-5-7-9-11-13-15-17-19-21-22-23-24-25-27-29-31-33-35-37-39-41-47(55)52-44(43-59-51-50(58)49(57)48(56)46(42-53)60-51)45(54)40-38-36-34-32-30-28-26-20-18-16-14-12-10-8-6-4-2/h30,32,44-46,48-51,53-54,56-58H,3-29,31,33-43H2,1-2H3,(H,52,55)/b32-30+/t44-,45+,46-,48-,49?,50?,51-/m0/s1. The maximum atomic E-state index is 13.0. The van der Waals surface area contributed by atoms with Crippen molar-refractivity contribution in [2.75, 3.05) is 13.2 Å². The summed E-state index contributed by atoms with van der Waals surface area (Å²) >= 11 is 0. The third-order valence-corrected chi connectivity index (χ3v) is 12.6. The van der Waals surface area contributed by atoms with Gasteiger partial charge in [-0.25, -0.2) is 0 Å². The summed E-state index contributed by atoms with van der Waals surface area (Å²) in [6.07, 6.45) is 42.3. The lowest BCUT2D eigenvalue weighted by Gasteiger charge is -2.40. The van der Waals surface area contributed by atoms with Crippen LogP contribution in [0.5, 0.6) is 0 Å². The first-order valence-corrected chi connectivity index (χ1v) is 25.9. The lowest BCUT2D eigenvalue weighted by atomic mass is 9.99. The molecule has 0 bridgehead atoms. The van der Waals surface area contributed by atoms with E-state index in [1.54, 1.807) is 0 Å². The predicted octanol–water partition coefficient (Wildman–Crippen LogP) is 11.7. The molecule has 0 aliphatic carbocycles. The number of unbranched alkanes of at least 4 members (excludes halogenated alkanes) is 32. The van der Waals surface area contributed by atoms with Crippen LogP contribution in [0.15, 0.2) is 12.2 Å². The first-order chi connectivity index (χ1) is 29.3. The van der Waals surface area contributed by atoms with Gasteiger partial charge in [-0.05, 0) is 38.5 Å². The van der Waals surface area contributed by atoms with Crippen molar-refractivity contribution in [1.29, 1.82) is 0 Å². The monoisotopic (exact) mass is 854 g/mol. The van der Waals surface area contributed by atoms with E-state index >= 15 is 0 Å². The van der Waals surface area contributed by atoms with Crippen molar-refractivity contribution in [3.8, 4) is 0 Å². The van der Waals surface area contributed by atoms with Crippen LogP contribution < -0.4 is 5.32 Å². The number of allylic oxidation sites excluding steroid dienone is 2. The summed E-state index contributed by atoms with van der Waals surface area (Å²) in [6, 6.07) is -0.730. The molecular formula is C51H99NO8. The molecule has 7 atom stereocenters. The van der Waals surface area contributed by atoms with Crippen molar-refractivity contribution in [2.24, 2.45) is 0 Å². The summed E-state index contributed by atoms with van der Waals surface area (Å²) in [4.78, 5) is 13.0. The summed E-state index contributed by atoms with van der Waals surface area (Å²) in [5, 5.41) is 54.5. The van der Waals surface area contributed by atoms with Gasteiger partial charge >= 0.3 is 0 Å². The second-order valence-electron chi connectivity index (χ2n) is 18.3. The van der Waals surface area contributed by atoms with Gasteiger partial charge in [0.25, 0.3) is 0 Å². The number of carbonyl (C=O) groups is 1. The molecule has 1 aliphatic heterocycles. The molecule has 60 heavy (non-hydrogen) atoms. The minimum atomic E-state index is -1.55. The summed E-state index contributed by atoms with van der Waals surface area (Å²) in [5.41, 5.74) is 0. The Hall–Kier alpha value is -1.07. The van der Waals surface area contributed by atoms with Crippen LogP contribution in [0.1, 0.15) is 251 Å². The molecule has 6 N–H and O–H groups in total. The maximum absolute atomic E-state index is 13.0. The Morgan fingerprint density at radius 2 is 0.933 bits per heavy atom. The normalized spacial score (nSPS) is 20.6. The molecule has 0 aromatic heterocycles. The third-order valence-electron chi connectivity index (χ3n) is 12.6. The molecule has 1 saturated heterocycles. The van der Waals surface area contributed by atoms with Gasteiger partial charge in [0.15, 0.2) is 6.29 Å². The van der Waals surface area contributed by atoms with Gasteiger partial charge in [0.2, 0.25) is 5.91 Å². The van der Waals surface area contributed by atoms with Gasteiger partial charge in [0.05, 0.1) is 25.4 Å². The molecule has 0 spiro atoms. The number of aliphatic hydroxyl groups excluding tert-OH is 5. The highest BCUT2D eigenvalue weighted by molar-refractivity contribution is 5.76. The highest BCUT2D eigenvalue weighted by atomic mass is 16.7. The largest absolute Gasteiger partial charge is 0.394 e. The average Bonchev–Trinajstić information content (AvgIpc) is 3.25. The second-order valence-corrected chi connectivity index (χ2v) is 18.3. The van der Waals surface area contributed by atoms with Crippen molar-refractivity contribution in [2.45, 2.75) is 294 Å². The number of hydrogen-bond acceptors (Lipinski definition) is 8. The molecular weight excluding hydrogens is 755 g/mol. The van der Waals surface area contributed by atoms with Crippen LogP contribution in [0.3, 0.4) is 0 Å². The van der Waals surface area contributed by atoms with Gasteiger partial charge < -0.3 is 40.3 Å². The summed E-state index contributed by atoms with van der Waals surface area (Å²) < 4.78 is 11.3. The van der Waals surface area contributed by atoms with Crippen LogP contribution in [0.4, 0.5) is 0 Å². The number of rotatable bonds is 44. The Kier molecular flexibility index (Phi) is 39.8. The number of hydrogen-bond donors (Lipinski definition) is 6. The van der Waals surface area contributed by atoms with E-state index in [1.165, 1.54) is 180 Å². The number of amides is 1. The second kappa shape index (κ2) is 41.9. The molecule has 1 fully saturated rings. The molecule has 0 radical (unpaired) electrons. The Morgan fingerprint density at radius 1 is 0.550 bits per heavy atom. The Labute approximate surface area is 369 Å². The molecule has 1 aliphatic rings. The van der Waals surface area contributed by atoms with Crippen molar-refractivity contribution in [1.82, 2.24) is 5.32 Å². The van der Waals surface area contributed by atoms with Crippen LogP contribution in [-0.2, 0) is 14.3 Å². The molecule has 2 unspecified atom stereocenters. The fourth-order valence-corrected chi connectivity index (χ4v) is 8.45. The van der Waals surface area contributed by atoms with Gasteiger partial charge in [0, 0.05) is 6.42 Å². The van der Waals surface area contributed by atoms with E-state index in [9.17, 15) is 30.3 Å². The van der Waals surface area contributed by atoms with Gasteiger partial charge in [-0.2, -0.15) is 0 Å². The number of aliphatic hydroxyl groups is 5. The summed E-state index contributed by atoms with van der Waals surface area (Å²) in [7, 11) is 0. The number of carbonyl (C=O) groups excluding carboxylic acids is 1. The quantitative estimate of drug-likeness (QED) is 0.0262. The smallest absolute Gasteiger partial charge is 0.220 e. The number of nitrogens with one attached hydrogen (secondary N) is 1. The fourth-order valence-electron chi connectivity index (χ4n) is 8.45. The first-order valence-electron chi connectivity index (χ1n) is 25.9. The van der Waals surface area contributed by atoms with Crippen LogP contribution in [-0.4, -0.2) is 87.5 Å². The van der Waals surface area contributed by atoms with Crippen molar-refractivity contribution in [3.05, 3.63) is 12.2 Å². The Balaban J connectivity index is 2.26. The molecule has 0 saturated carbocycles. The minimum absolute atomic E-state index is 0.145. The Bertz CT molecular complexity index is 950. The molecule has 1 amide bonds. The summed E-state index contributed by atoms with van der Waals surface area (Å²) in [5.74, 6) is -0.149. The molecule has 9 heteroatoms. The highest BCUT2D eigenvalue weighted by Gasteiger charge is 2.44. The van der Waals surface area contributed by atoms with Crippen molar-refractivity contribution in [3.63, 3.8) is 0 Å². The molecule has 0 aromatic carbocycles. The predicted molar refractivity (Wildman–Crippen MR) is 249 cm³/mol. The molecule has 1 rings (SSSR count). The van der Waals surface area contributed by atoms with E-state index in [1.807, 2.05) is 0 Å². The zero-order valence-electron chi connectivity index (χ0n) is 39.2. The van der Waals surface area contributed by atoms with Gasteiger partial charge in [-0.3, -0.25) is 4.79 Å². The van der Waals surface area contributed by atoms with Gasteiger partial charge in [-0.15, -0.1) is 0 Å². The van der Waals surface area contributed by atoms with E-state index in [-0.39, 0.29) is 12.5 Å². The van der Waals surface area contributed by atoms with Gasteiger partial charge in [0.1, 0.15) is 24.4 Å².